The fraction of sp³-hybridized carbons (Fsp3) is 0.300. The fourth-order valence-corrected chi connectivity index (χ4v) is 2.50. The molecule has 6 heteroatoms. The summed E-state index contributed by atoms with van der Waals surface area (Å²) in [5, 5.41) is 8.53. The summed E-state index contributed by atoms with van der Waals surface area (Å²) in [5.74, 6) is -0.0995. The normalized spacial score (nSPS) is 13.0. The molecule has 0 bridgehead atoms. The van der Waals surface area contributed by atoms with Crippen molar-refractivity contribution in [1.82, 2.24) is 10.6 Å². The standard InChI is InChI=1S/C20H24N4O2/c1-24(2)18-10-6-14(7-11-18)13-21-20(26)23-17-5-3-4-15(12-17)19(25)22-16-8-9-16/h3-7,10-12,16H,8-9,13H2,1-2H3,(H,22,25)(H2,21,23,26). The van der Waals surface area contributed by atoms with Crippen molar-refractivity contribution >= 4 is 23.3 Å². The van der Waals surface area contributed by atoms with E-state index in [1.54, 1.807) is 24.3 Å². The second kappa shape index (κ2) is 7.91. The van der Waals surface area contributed by atoms with Gasteiger partial charge in [0.1, 0.15) is 0 Å². The van der Waals surface area contributed by atoms with Gasteiger partial charge in [0.15, 0.2) is 0 Å². The van der Waals surface area contributed by atoms with Crippen molar-refractivity contribution < 1.29 is 9.59 Å². The molecule has 0 radical (unpaired) electrons. The van der Waals surface area contributed by atoms with Crippen LogP contribution in [-0.4, -0.2) is 32.1 Å². The summed E-state index contributed by atoms with van der Waals surface area (Å²) >= 11 is 0. The first kappa shape index (κ1) is 17.8. The summed E-state index contributed by atoms with van der Waals surface area (Å²) in [4.78, 5) is 26.2. The molecule has 0 aromatic heterocycles. The lowest BCUT2D eigenvalue weighted by atomic mass is 10.2. The van der Waals surface area contributed by atoms with Crippen LogP contribution in [0.25, 0.3) is 0 Å². The predicted octanol–water partition coefficient (Wildman–Crippen LogP) is 2.97. The van der Waals surface area contributed by atoms with E-state index in [0.717, 1.165) is 24.1 Å². The minimum Gasteiger partial charge on any atom is -0.378 e. The van der Waals surface area contributed by atoms with Gasteiger partial charge in [0.05, 0.1) is 0 Å². The maximum absolute atomic E-state index is 12.1. The highest BCUT2D eigenvalue weighted by Crippen LogP contribution is 2.20. The van der Waals surface area contributed by atoms with Gasteiger partial charge in [-0.15, -0.1) is 0 Å². The summed E-state index contributed by atoms with van der Waals surface area (Å²) in [5.41, 5.74) is 3.27. The topological polar surface area (TPSA) is 73.5 Å². The Labute approximate surface area is 153 Å². The van der Waals surface area contributed by atoms with Crippen molar-refractivity contribution in [2.24, 2.45) is 0 Å². The van der Waals surface area contributed by atoms with E-state index < -0.39 is 0 Å². The van der Waals surface area contributed by atoms with Crippen LogP contribution in [0.15, 0.2) is 48.5 Å². The average molecular weight is 352 g/mol. The first-order valence-corrected chi connectivity index (χ1v) is 8.73. The molecule has 6 nitrogen and oxygen atoms in total. The lowest BCUT2D eigenvalue weighted by Gasteiger charge is -2.13. The Morgan fingerprint density at radius 2 is 1.81 bits per heavy atom. The molecule has 0 saturated heterocycles. The number of carbonyl (C=O) groups is 2. The molecule has 2 aromatic carbocycles. The largest absolute Gasteiger partial charge is 0.378 e. The zero-order valence-electron chi connectivity index (χ0n) is 15.1. The van der Waals surface area contributed by atoms with Gasteiger partial charge in [0, 0.05) is 43.6 Å². The number of anilines is 2. The number of nitrogens with zero attached hydrogens (tertiary/aromatic N) is 1. The Balaban J connectivity index is 1.52. The highest BCUT2D eigenvalue weighted by Gasteiger charge is 2.23. The van der Waals surface area contributed by atoms with E-state index in [1.165, 1.54) is 0 Å². The average Bonchev–Trinajstić information content (AvgIpc) is 3.44. The summed E-state index contributed by atoms with van der Waals surface area (Å²) in [6.45, 7) is 0.432. The molecule has 0 spiro atoms. The van der Waals surface area contributed by atoms with E-state index in [4.69, 9.17) is 0 Å². The van der Waals surface area contributed by atoms with Crippen LogP contribution >= 0.6 is 0 Å². The molecule has 3 rings (SSSR count). The lowest BCUT2D eigenvalue weighted by molar-refractivity contribution is 0.0951. The predicted molar refractivity (Wildman–Crippen MR) is 104 cm³/mol. The minimum atomic E-state index is -0.304. The van der Waals surface area contributed by atoms with E-state index in [1.807, 2.05) is 43.3 Å². The maximum atomic E-state index is 12.1. The zero-order chi connectivity index (χ0) is 18.5. The van der Waals surface area contributed by atoms with Gasteiger partial charge in [-0.05, 0) is 48.7 Å². The molecule has 1 aliphatic rings. The smallest absolute Gasteiger partial charge is 0.319 e. The van der Waals surface area contributed by atoms with Crippen molar-refractivity contribution in [3.05, 3.63) is 59.7 Å². The summed E-state index contributed by atoms with van der Waals surface area (Å²) in [6, 6.07) is 14.9. The first-order chi connectivity index (χ1) is 12.5. The van der Waals surface area contributed by atoms with Crippen LogP contribution < -0.4 is 20.9 Å². The Morgan fingerprint density at radius 1 is 1.08 bits per heavy atom. The molecule has 3 N–H and O–H groups in total. The van der Waals surface area contributed by atoms with Crippen LogP contribution in [0.2, 0.25) is 0 Å². The van der Waals surface area contributed by atoms with Crippen molar-refractivity contribution in [3.8, 4) is 0 Å². The quantitative estimate of drug-likeness (QED) is 0.748. The molecule has 1 saturated carbocycles. The highest BCUT2D eigenvalue weighted by molar-refractivity contribution is 5.97. The number of hydrogen-bond donors (Lipinski definition) is 3. The molecular formula is C20H24N4O2. The SMILES string of the molecule is CN(C)c1ccc(CNC(=O)Nc2cccc(C(=O)NC3CC3)c2)cc1. The van der Waals surface area contributed by atoms with Crippen LogP contribution in [0.5, 0.6) is 0 Å². The Morgan fingerprint density at radius 3 is 2.46 bits per heavy atom. The summed E-state index contributed by atoms with van der Waals surface area (Å²) in [6.07, 6.45) is 2.09. The zero-order valence-corrected chi connectivity index (χ0v) is 15.1. The van der Waals surface area contributed by atoms with Gasteiger partial charge in [0.25, 0.3) is 5.91 Å². The van der Waals surface area contributed by atoms with Crippen molar-refractivity contribution in [2.75, 3.05) is 24.3 Å². The molecule has 0 atom stereocenters. The molecule has 136 valence electrons. The van der Waals surface area contributed by atoms with E-state index in [0.29, 0.717) is 23.8 Å². The first-order valence-electron chi connectivity index (χ1n) is 8.73. The number of urea groups is 1. The van der Waals surface area contributed by atoms with Gasteiger partial charge < -0.3 is 20.9 Å². The van der Waals surface area contributed by atoms with Gasteiger partial charge in [-0.3, -0.25) is 4.79 Å². The third-order valence-electron chi connectivity index (χ3n) is 4.20. The number of carbonyl (C=O) groups excluding carboxylic acids is 2. The van der Waals surface area contributed by atoms with Crippen molar-refractivity contribution in [1.29, 1.82) is 0 Å². The second-order valence-electron chi connectivity index (χ2n) is 6.70. The minimum absolute atomic E-state index is 0.0995. The molecule has 1 fully saturated rings. The van der Waals surface area contributed by atoms with Gasteiger partial charge in [-0.25, -0.2) is 4.79 Å². The second-order valence-corrected chi connectivity index (χ2v) is 6.70. The van der Waals surface area contributed by atoms with Gasteiger partial charge in [-0.2, -0.15) is 0 Å². The van der Waals surface area contributed by atoms with E-state index in [9.17, 15) is 9.59 Å². The Bertz CT molecular complexity index is 783. The maximum Gasteiger partial charge on any atom is 0.319 e. The summed E-state index contributed by atoms with van der Waals surface area (Å²) in [7, 11) is 3.97. The number of rotatable bonds is 6. The molecule has 0 unspecified atom stereocenters. The molecule has 1 aliphatic carbocycles. The van der Waals surface area contributed by atoms with Crippen LogP contribution in [0.3, 0.4) is 0 Å². The molecule has 0 heterocycles. The fourth-order valence-electron chi connectivity index (χ4n) is 2.50. The molecule has 3 amide bonds. The lowest BCUT2D eigenvalue weighted by Crippen LogP contribution is -2.28. The van der Waals surface area contributed by atoms with E-state index >= 15 is 0 Å². The number of hydrogen-bond acceptors (Lipinski definition) is 3. The highest BCUT2D eigenvalue weighted by atomic mass is 16.2. The summed E-state index contributed by atoms with van der Waals surface area (Å²) < 4.78 is 0. The Kier molecular flexibility index (Phi) is 5.41. The van der Waals surface area contributed by atoms with Crippen molar-refractivity contribution in [2.45, 2.75) is 25.4 Å². The molecule has 0 aliphatic heterocycles. The third kappa shape index (κ3) is 4.99. The molecular weight excluding hydrogens is 328 g/mol. The van der Waals surface area contributed by atoms with Crippen LogP contribution in [0.4, 0.5) is 16.2 Å². The monoisotopic (exact) mass is 352 g/mol. The van der Waals surface area contributed by atoms with Crippen molar-refractivity contribution in [3.63, 3.8) is 0 Å². The Hall–Kier alpha value is -3.02. The number of nitrogens with one attached hydrogen (secondary N) is 3. The van der Waals surface area contributed by atoms with E-state index in [-0.39, 0.29) is 11.9 Å². The number of amides is 3. The number of benzene rings is 2. The molecule has 26 heavy (non-hydrogen) atoms. The van der Waals surface area contributed by atoms with Crippen LogP contribution in [0, 0.1) is 0 Å². The van der Waals surface area contributed by atoms with E-state index in [2.05, 4.69) is 16.0 Å². The molecule has 2 aromatic rings. The van der Waals surface area contributed by atoms with Crippen LogP contribution in [-0.2, 0) is 6.54 Å². The van der Waals surface area contributed by atoms with Gasteiger partial charge in [-0.1, -0.05) is 18.2 Å². The third-order valence-corrected chi connectivity index (χ3v) is 4.20. The van der Waals surface area contributed by atoms with Crippen LogP contribution in [0.1, 0.15) is 28.8 Å². The van der Waals surface area contributed by atoms with Gasteiger partial charge in [0.2, 0.25) is 0 Å². The van der Waals surface area contributed by atoms with Gasteiger partial charge >= 0.3 is 6.03 Å².